The molecule has 0 bridgehead atoms. The topological polar surface area (TPSA) is 108 Å². The molecule has 0 aliphatic rings. The van der Waals surface area contributed by atoms with Crippen LogP contribution < -0.4 is 5.73 Å². The molecule has 1 atom stereocenters. The molecular weight excluding hydrogens is 316 g/mol. The van der Waals surface area contributed by atoms with E-state index in [-0.39, 0.29) is 10.7 Å². The molecule has 0 saturated carbocycles. The monoisotopic (exact) mass is 328 g/mol. The number of hydrogen-bond donors (Lipinski definition) is 1. The number of sulfone groups is 1. The summed E-state index contributed by atoms with van der Waals surface area (Å²) in [5.74, 6) is -1.02. The highest BCUT2D eigenvalue weighted by Crippen LogP contribution is 2.34. The van der Waals surface area contributed by atoms with Crippen LogP contribution in [0.2, 0.25) is 5.15 Å². The number of primary amides is 1. The summed E-state index contributed by atoms with van der Waals surface area (Å²) in [7, 11) is -3.84. The summed E-state index contributed by atoms with van der Waals surface area (Å²) in [5.41, 5.74) is 5.89. The SMILES string of the molecule is CC(C(N)=O)(c1cn(-c2cccnc2)nc1Cl)S(C)(=O)=O. The Bertz CT molecular complexity index is 788. The Hall–Kier alpha value is -1.93. The van der Waals surface area contributed by atoms with E-state index in [0.717, 1.165) is 6.26 Å². The molecule has 9 heteroatoms. The zero-order chi connectivity index (χ0) is 15.8. The average molecular weight is 329 g/mol. The van der Waals surface area contributed by atoms with Crippen molar-refractivity contribution in [1.82, 2.24) is 14.8 Å². The van der Waals surface area contributed by atoms with Gasteiger partial charge < -0.3 is 5.73 Å². The molecule has 7 nitrogen and oxygen atoms in total. The van der Waals surface area contributed by atoms with E-state index in [1.54, 1.807) is 18.3 Å². The van der Waals surface area contributed by atoms with Crippen molar-refractivity contribution in [3.63, 3.8) is 0 Å². The van der Waals surface area contributed by atoms with E-state index in [0.29, 0.717) is 5.69 Å². The molecule has 0 fully saturated rings. The number of halogens is 1. The second kappa shape index (κ2) is 5.12. The van der Waals surface area contributed by atoms with Gasteiger partial charge in [0, 0.05) is 24.2 Å². The first kappa shape index (κ1) is 15.5. The lowest BCUT2D eigenvalue weighted by Crippen LogP contribution is -2.44. The first-order chi connectivity index (χ1) is 9.68. The Labute approximate surface area is 126 Å². The largest absolute Gasteiger partial charge is 0.368 e. The van der Waals surface area contributed by atoms with Gasteiger partial charge in [-0.1, -0.05) is 11.6 Å². The first-order valence-electron chi connectivity index (χ1n) is 5.83. The molecule has 112 valence electrons. The number of hydrogen-bond acceptors (Lipinski definition) is 5. The fourth-order valence-electron chi connectivity index (χ4n) is 1.81. The van der Waals surface area contributed by atoms with E-state index in [2.05, 4.69) is 10.1 Å². The molecule has 1 unspecified atom stereocenters. The highest BCUT2D eigenvalue weighted by Gasteiger charge is 2.46. The minimum atomic E-state index is -3.84. The fourth-order valence-corrected chi connectivity index (χ4v) is 3.10. The van der Waals surface area contributed by atoms with Crippen LogP contribution in [-0.2, 0) is 19.4 Å². The predicted molar refractivity (Wildman–Crippen MR) is 77.8 cm³/mol. The number of amides is 1. The van der Waals surface area contributed by atoms with Crippen LogP contribution in [0, 0.1) is 0 Å². The molecule has 2 aromatic rings. The van der Waals surface area contributed by atoms with Gasteiger partial charge in [0.25, 0.3) is 0 Å². The lowest BCUT2D eigenvalue weighted by molar-refractivity contribution is -0.120. The third kappa shape index (κ3) is 2.52. The molecule has 0 aliphatic carbocycles. The van der Waals surface area contributed by atoms with Gasteiger partial charge in [0.2, 0.25) is 5.91 Å². The van der Waals surface area contributed by atoms with Crippen LogP contribution in [0.1, 0.15) is 12.5 Å². The number of carbonyl (C=O) groups excluding carboxylic acids is 1. The molecular formula is C12H13ClN4O3S. The summed E-state index contributed by atoms with van der Waals surface area (Å²) >= 11 is 6.00. The van der Waals surface area contributed by atoms with E-state index in [4.69, 9.17) is 17.3 Å². The van der Waals surface area contributed by atoms with Gasteiger partial charge in [-0.25, -0.2) is 13.1 Å². The minimum Gasteiger partial charge on any atom is -0.368 e. The second-order valence-electron chi connectivity index (χ2n) is 4.66. The molecule has 0 aromatic carbocycles. The normalized spacial score (nSPS) is 14.6. The van der Waals surface area contributed by atoms with E-state index in [9.17, 15) is 13.2 Å². The van der Waals surface area contributed by atoms with E-state index in [1.807, 2.05) is 0 Å². The third-order valence-corrected chi connectivity index (χ3v) is 5.49. The molecule has 21 heavy (non-hydrogen) atoms. The maximum absolute atomic E-state index is 12.0. The van der Waals surface area contributed by atoms with Crippen molar-refractivity contribution in [1.29, 1.82) is 0 Å². The Morgan fingerprint density at radius 2 is 2.14 bits per heavy atom. The van der Waals surface area contributed by atoms with Gasteiger partial charge in [-0.05, 0) is 19.1 Å². The molecule has 0 radical (unpaired) electrons. The first-order valence-corrected chi connectivity index (χ1v) is 8.10. The average Bonchev–Trinajstić information content (AvgIpc) is 2.79. The Morgan fingerprint density at radius 1 is 1.48 bits per heavy atom. The van der Waals surface area contributed by atoms with Gasteiger partial charge in [0.1, 0.15) is 0 Å². The molecule has 0 aliphatic heterocycles. The summed E-state index contributed by atoms with van der Waals surface area (Å²) in [6.07, 6.45) is 5.40. The second-order valence-corrected chi connectivity index (χ2v) is 7.38. The number of rotatable bonds is 4. The molecule has 0 saturated heterocycles. The smallest absolute Gasteiger partial charge is 0.243 e. The summed E-state index contributed by atoms with van der Waals surface area (Å²) in [4.78, 5) is 15.6. The Morgan fingerprint density at radius 3 is 2.62 bits per heavy atom. The van der Waals surface area contributed by atoms with Gasteiger partial charge >= 0.3 is 0 Å². The summed E-state index contributed by atoms with van der Waals surface area (Å²) in [6, 6.07) is 3.40. The molecule has 2 N–H and O–H groups in total. The lowest BCUT2D eigenvalue weighted by atomic mass is 10.0. The van der Waals surface area contributed by atoms with Crippen molar-refractivity contribution in [3.05, 3.63) is 41.4 Å². The van der Waals surface area contributed by atoms with Crippen LogP contribution in [0.5, 0.6) is 0 Å². The highest BCUT2D eigenvalue weighted by atomic mass is 35.5. The lowest BCUT2D eigenvalue weighted by Gasteiger charge is -2.22. The van der Waals surface area contributed by atoms with Crippen LogP contribution in [0.3, 0.4) is 0 Å². The number of aromatic nitrogens is 3. The maximum atomic E-state index is 12.0. The summed E-state index contributed by atoms with van der Waals surface area (Å²) in [5, 5.41) is 3.91. The van der Waals surface area contributed by atoms with Crippen molar-refractivity contribution in [2.45, 2.75) is 11.7 Å². The van der Waals surface area contributed by atoms with Crippen molar-refractivity contribution >= 4 is 27.3 Å². The number of pyridine rings is 1. The number of carbonyl (C=O) groups is 1. The van der Waals surface area contributed by atoms with Gasteiger partial charge in [-0.3, -0.25) is 9.78 Å². The van der Waals surface area contributed by atoms with E-state index >= 15 is 0 Å². The van der Waals surface area contributed by atoms with Crippen LogP contribution in [0.4, 0.5) is 0 Å². The van der Waals surface area contributed by atoms with Crippen molar-refractivity contribution in [3.8, 4) is 5.69 Å². The number of nitrogens with zero attached hydrogens (tertiary/aromatic N) is 3. The van der Waals surface area contributed by atoms with Gasteiger partial charge in [-0.15, -0.1) is 0 Å². The van der Waals surface area contributed by atoms with Gasteiger partial charge in [0.15, 0.2) is 19.7 Å². The van der Waals surface area contributed by atoms with Gasteiger partial charge in [-0.2, -0.15) is 5.10 Å². The molecule has 2 heterocycles. The van der Waals surface area contributed by atoms with Crippen LogP contribution >= 0.6 is 11.6 Å². The molecule has 2 aromatic heterocycles. The van der Waals surface area contributed by atoms with E-state index in [1.165, 1.54) is 24.0 Å². The zero-order valence-electron chi connectivity index (χ0n) is 11.3. The highest BCUT2D eigenvalue weighted by molar-refractivity contribution is 7.92. The molecule has 1 amide bonds. The minimum absolute atomic E-state index is 0.0306. The fraction of sp³-hybridized carbons (Fsp3) is 0.250. The standard InChI is InChI=1S/C12H13ClN4O3S/c1-12(11(14)18,21(2,19)20)9-7-17(16-10(9)13)8-4-3-5-15-6-8/h3-7H,1-2H3,(H2,14,18). The van der Waals surface area contributed by atoms with Crippen molar-refractivity contribution < 1.29 is 13.2 Å². The summed E-state index contributed by atoms with van der Waals surface area (Å²) in [6.45, 7) is 1.21. The van der Waals surface area contributed by atoms with Crippen molar-refractivity contribution in [2.75, 3.05) is 6.26 Å². The van der Waals surface area contributed by atoms with Crippen molar-refractivity contribution in [2.24, 2.45) is 5.73 Å². The third-order valence-electron chi connectivity index (χ3n) is 3.31. The molecule has 0 spiro atoms. The van der Waals surface area contributed by atoms with Crippen LogP contribution in [-0.4, -0.2) is 35.3 Å². The quantitative estimate of drug-likeness (QED) is 0.887. The predicted octanol–water partition coefficient (Wildman–Crippen LogP) is 0.666. The van der Waals surface area contributed by atoms with E-state index < -0.39 is 20.5 Å². The van der Waals surface area contributed by atoms with Crippen LogP contribution in [0.25, 0.3) is 5.69 Å². The van der Waals surface area contributed by atoms with Gasteiger partial charge in [0.05, 0.1) is 11.9 Å². The maximum Gasteiger partial charge on any atom is 0.243 e. The van der Waals surface area contributed by atoms with Crippen LogP contribution in [0.15, 0.2) is 30.7 Å². The Balaban J connectivity index is 2.66. The summed E-state index contributed by atoms with van der Waals surface area (Å²) < 4.78 is 23.4. The molecule has 2 rings (SSSR count). The Kier molecular flexibility index (Phi) is 3.77. The number of nitrogens with two attached hydrogens (primary N) is 1. The zero-order valence-corrected chi connectivity index (χ0v) is 12.9.